The van der Waals surface area contributed by atoms with Crippen LogP contribution < -0.4 is 10.1 Å². The molecule has 1 aromatic carbocycles. The first-order chi connectivity index (χ1) is 9.78. The standard InChI is InChI=1S/C17H25NO2/c1-2-20-16-5-3-4-14(17(16)19)10-18-11-15-9-12-6-7-13(15)8-12/h3-5,12-13,15,18-19H,2,6-11H2,1H3. The van der Waals surface area contributed by atoms with Gasteiger partial charge in [-0.2, -0.15) is 0 Å². The van der Waals surface area contributed by atoms with E-state index >= 15 is 0 Å². The second kappa shape index (κ2) is 6.04. The maximum absolute atomic E-state index is 10.2. The van der Waals surface area contributed by atoms with Gasteiger partial charge < -0.3 is 15.2 Å². The molecule has 2 fully saturated rings. The Morgan fingerprint density at radius 3 is 2.90 bits per heavy atom. The summed E-state index contributed by atoms with van der Waals surface area (Å²) in [6, 6.07) is 5.73. The number of nitrogens with one attached hydrogen (secondary N) is 1. The first kappa shape index (κ1) is 13.7. The van der Waals surface area contributed by atoms with E-state index in [1.807, 2.05) is 25.1 Å². The fraction of sp³-hybridized carbons (Fsp3) is 0.647. The smallest absolute Gasteiger partial charge is 0.162 e. The van der Waals surface area contributed by atoms with Gasteiger partial charge in [-0.05, 0) is 56.6 Å². The van der Waals surface area contributed by atoms with Gasteiger partial charge in [0.25, 0.3) is 0 Å². The molecule has 2 N–H and O–H groups in total. The van der Waals surface area contributed by atoms with Crippen LogP contribution in [0.25, 0.3) is 0 Å². The minimum atomic E-state index is 0.287. The molecule has 2 aliphatic carbocycles. The van der Waals surface area contributed by atoms with E-state index in [4.69, 9.17) is 4.74 Å². The van der Waals surface area contributed by atoms with Crippen LogP contribution in [0, 0.1) is 17.8 Å². The highest BCUT2D eigenvalue weighted by molar-refractivity contribution is 5.45. The van der Waals surface area contributed by atoms with E-state index in [-0.39, 0.29) is 5.75 Å². The van der Waals surface area contributed by atoms with Crippen LogP contribution in [0.5, 0.6) is 11.5 Å². The van der Waals surface area contributed by atoms with E-state index in [2.05, 4.69) is 5.32 Å². The quantitative estimate of drug-likeness (QED) is 0.837. The number of para-hydroxylation sites is 1. The zero-order valence-corrected chi connectivity index (χ0v) is 12.3. The van der Waals surface area contributed by atoms with Crippen LogP contribution in [0.4, 0.5) is 0 Å². The van der Waals surface area contributed by atoms with Crippen molar-refractivity contribution in [1.29, 1.82) is 0 Å². The first-order valence-electron chi connectivity index (χ1n) is 7.92. The Bertz CT molecular complexity index is 460. The predicted molar refractivity (Wildman–Crippen MR) is 79.9 cm³/mol. The highest BCUT2D eigenvalue weighted by atomic mass is 16.5. The molecule has 2 saturated carbocycles. The Morgan fingerprint density at radius 1 is 1.30 bits per heavy atom. The van der Waals surface area contributed by atoms with Crippen molar-refractivity contribution in [2.45, 2.75) is 39.2 Å². The highest BCUT2D eigenvalue weighted by Gasteiger charge is 2.38. The van der Waals surface area contributed by atoms with Crippen molar-refractivity contribution in [2.75, 3.05) is 13.2 Å². The van der Waals surface area contributed by atoms with E-state index in [9.17, 15) is 5.11 Å². The van der Waals surface area contributed by atoms with E-state index < -0.39 is 0 Å². The number of phenols is 1. The summed E-state index contributed by atoms with van der Waals surface area (Å²) in [6.07, 6.45) is 5.75. The lowest BCUT2D eigenvalue weighted by molar-refractivity contribution is 0.311. The van der Waals surface area contributed by atoms with Gasteiger partial charge in [0.15, 0.2) is 11.5 Å². The van der Waals surface area contributed by atoms with E-state index in [0.717, 1.165) is 36.4 Å². The molecule has 3 unspecified atom stereocenters. The van der Waals surface area contributed by atoms with Crippen molar-refractivity contribution in [3.05, 3.63) is 23.8 Å². The number of phenolic OH excluding ortho intramolecular Hbond substituents is 1. The highest BCUT2D eigenvalue weighted by Crippen LogP contribution is 2.47. The molecule has 1 aromatic rings. The summed E-state index contributed by atoms with van der Waals surface area (Å²) in [5, 5.41) is 13.7. The summed E-state index contributed by atoms with van der Waals surface area (Å²) >= 11 is 0. The maximum Gasteiger partial charge on any atom is 0.162 e. The molecule has 2 aliphatic rings. The molecule has 110 valence electrons. The summed E-state index contributed by atoms with van der Waals surface area (Å²) in [6.45, 7) is 4.31. The Morgan fingerprint density at radius 2 is 2.20 bits per heavy atom. The molecule has 20 heavy (non-hydrogen) atoms. The Balaban J connectivity index is 1.52. The van der Waals surface area contributed by atoms with Gasteiger partial charge >= 0.3 is 0 Å². The number of rotatable bonds is 6. The molecule has 0 aliphatic heterocycles. The van der Waals surface area contributed by atoms with Crippen LogP contribution in [0.1, 0.15) is 38.2 Å². The largest absolute Gasteiger partial charge is 0.504 e. The van der Waals surface area contributed by atoms with Gasteiger partial charge in [-0.3, -0.25) is 0 Å². The van der Waals surface area contributed by atoms with Crippen molar-refractivity contribution in [3.63, 3.8) is 0 Å². The molecule has 3 atom stereocenters. The SMILES string of the molecule is CCOc1cccc(CNCC2CC3CCC2C3)c1O. The fourth-order valence-electron chi connectivity index (χ4n) is 4.00. The third-order valence-electron chi connectivity index (χ3n) is 4.99. The lowest BCUT2D eigenvalue weighted by Gasteiger charge is -2.22. The molecule has 3 heteroatoms. The zero-order valence-electron chi connectivity index (χ0n) is 12.3. The molecule has 0 heterocycles. The lowest BCUT2D eigenvalue weighted by Crippen LogP contribution is -2.26. The first-order valence-corrected chi connectivity index (χ1v) is 7.92. The number of benzene rings is 1. The summed E-state index contributed by atoms with van der Waals surface area (Å²) in [5.74, 6) is 3.69. The van der Waals surface area contributed by atoms with Crippen LogP contribution in [0.15, 0.2) is 18.2 Å². The molecule has 0 spiro atoms. The van der Waals surface area contributed by atoms with Crippen LogP contribution in [0.2, 0.25) is 0 Å². The van der Waals surface area contributed by atoms with Crippen molar-refractivity contribution >= 4 is 0 Å². The number of hydrogen-bond donors (Lipinski definition) is 2. The Labute approximate surface area is 121 Å². The van der Waals surface area contributed by atoms with Crippen molar-refractivity contribution in [1.82, 2.24) is 5.32 Å². The van der Waals surface area contributed by atoms with Gasteiger partial charge in [-0.15, -0.1) is 0 Å². The van der Waals surface area contributed by atoms with Gasteiger partial charge in [0, 0.05) is 12.1 Å². The summed E-state index contributed by atoms with van der Waals surface area (Å²) in [5.41, 5.74) is 0.930. The Hall–Kier alpha value is -1.22. The van der Waals surface area contributed by atoms with Gasteiger partial charge in [0.2, 0.25) is 0 Å². The number of aromatic hydroxyl groups is 1. The summed E-state index contributed by atoms with van der Waals surface area (Å²) < 4.78 is 5.42. The van der Waals surface area contributed by atoms with Crippen LogP contribution in [-0.4, -0.2) is 18.3 Å². The topological polar surface area (TPSA) is 41.5 Å². The molecule has 0 saturated heterocycles. The molecular formula is C17H25NO2. The zero-order chi connectivity index (χ0) is 13.9. The lowest BCUT2D eigenvalue weighted by atomic mass is 9.89. The fourth-order valence-corrected chi connectivity index (χ4v) is 4.00. The molecular weight excluding hydrogens is 250 g/mol. The molecule has 0 radical (unpaired) electrons. The Kier molecular flexibility index (Phi) is 4.16. The van der Waals surface area contributed by atoms with Crippen molar-refractivity contribution < 1.29 is 9.84 Å². The van der Waals surface area contributed by atoms with E-state index in [1.165, 1.54) is 25.7 Å². The molecule has 0 amide bonds. The predicted octanol–water partition coefficient (Wildman–Crippen LogP) is 3.32. The van der Waals surface area contributed by atoms with E-state index in [0.29, 0.717) is 12.4 Å². The molecule has 2 bridgehead atoms. The molecule has 3 nitrogen and oxygen atoms in total. The molecule has 3 rings (SSSR count). The van der Waals surface area contributed by atoms with Crippen LogP contribution >= 0.6 is 0 Å². The normalized spacial score (nSPS) is 27.9. The van der Waals surface area contributed by atoms with Crippen molar-refractivity contribution in [3.8, 4) is 11.5 Å². The van der Waals surface area contributed by atoms with Crippen molar-refractivity contribution in [2.24, 2.45) is 17.8 Å². The minimum absolute atomic E-state index is 0.287. The third-order valence-corrected chi connectivity index (χ3v) is 4.99. The number of fused-ring (bicyclic) bond motifs is 2. The van der Waals surface area contributed by atoms with Crippen LogP contribution in [0.3, 0.4) is 0 Å². The van der Waals surface area contributed by atoms with Gasteiger partial charge in [-0.25, -0.2) is 0 Å². The number of hydrogen-bond acceptors (Lipinski definition) is 3. The second-order valence-corrected chi connectivity index (χ2v) is 6.26. The molecule has 0 aromatic heterocycles. The number of ether oxygens (including phenoxy) is 1. The second-order valence-electron chi connectivity index (χ2n) is 6.26. The monoisotopic (exact) mass is 275 g/mol. The average Bonchev–Trinajstić information content (AvgIpc) is 3.05. The minimum Gasteiger partial charge on any atom is -0.504 e. The average molecular weight is 275 g/mol. The summed E-state index contributed by atoms with van der Waals surface area (Å²) in [4.78, 5) is 0. The van der Waals surface area contributed by atoms with Gasteiger partial charge in [0.05, 0.1) is 6.61 Å². The maximum atomic E-state index is 10.2. The van der Waals surface area contributed by atoms with Crippen LogP contribution in [-0.2, 0) is 6.54 Å². The van der Waals surface area contributed by atoms with Gasteiger partial charge in [-0.1, -0.05) is 18.6 Å². The van der Waals surface area contributed by atoms with Gasteiger partial charge in [0.1, 0.15) is 0 Å². The van der Waals surface area contributed by atoms with E-state index in [1.54, 1.807) is 0 Å². The summed E-state index contributed by atoms with van der Waals surface area (Å²) in [7, 11) is 0. The third kappa shape index (κ3) is 2.78.